The van der Waals surface area contributed by atoms with E-state index in [1.165, 1.54) is 32.0 Å². The molecule has 3 amide bonds. The smallest absolute Gasteiger partial charge is 0.448 e. The van der Waals surface area contributed by atoms with Crippen LogP contribution in [0.25, 0.3) is 0 Å². The molecule has 1 aromatic rings. The summed E-state index contributed by atoms with van der Waals surface area (Å²) in [7, 11) is -6.21. The number of sulfonamides is 1. The van der Waals surface area contributed by atoms with Crippen LogP contribution in [0.2, 0.25) is 0 Å². The van der Waals surface area contributed by atoms with Crippen LogP contribution >= 0.6 is 0 Å². The van der Waals surface area contributed by atoms with Gasteiger partial charge in [0.15, 0.2) is 5.60 Å². The van der Waals surface area contributed by atoms with E-state index in [0.29, 0.717) is 4.90 Å². The highest BCUT2D eigenvalue weighted by atomic mass is 32.2. The van der Waals surface area contributed by atoms with Crippen LogP contribution in [-0.4, -0.2) is 49.1 Å². The maximum atomic E-state index is 13.3. The molecule has 0 aliphatic carbocycles. The van der Waals surface area contributed by atoms with Gasteiger partial charge in [0.2, 0.25) is 0 Å². The Balaban J connectivity index is 2.55. The number of amides is 3. The van der Waals surface area contributed by atoms with Crippen molar-refractivity contribution in [2.75, 3.05) is 10.9 Å². The van der Waals surface area contributed by atoms with Crippen LogP contribution in [0.15, 0.2) is 24.3 Å². The number of imide groups is 1. The van der Waals surface area contributed by atoms with Gasteiger partial charge in [0, 0.05) is 0 Å². The number of benzene rings is 1. The third-order valence-corrected chi connectivity index (χ3v) is 5.51. The number of cyclic esters (lactones) is 1. The zero-order valence-electron chi connectivity index (χ0n) is 17.1. The summed E-state index contributed by atoms with van der Waals surface area (Å²) in [5.41, 5.74) is -8.25. The van der Waals surface area contributed by atoms with E-state index in [1.807, 2.05) is 0 Å². The van der Waals surface area contributed by atoms with Gasteiger partial charge >= 0.3 is 27.7 Å². The Morgan fingerprint density at radius 1 is 1.23 bits per heavy atom. The molecule has 1 heterocycles. The monoisotopic (exact) mass is 466 g/mol. The van der Waals surface area contributed by atoms with Crippen molar-refractivity contribution in [3.05, 3.63) is 29.8 Å². The number of halogens is 3. The minimum atomic E-state index is -6.21. The molecule has 1 aliphatic heterocycles. The van der Waals surface area contributed by atoms with Crippen molar-refractivity contribution in [1.29, 1.82) is 0 Å². The molecule has 1 aliphatic rings. The Hall–Kier alpha value is -2.83. The summed E-state index contributed by atoms with van der Waals surface area (Å²) in [5.74, 6) is -1.06. The predicted octanol–water partition coefficient (Wildman–Crippen LogP) is 3.39. The van der Waals surface area contributed by atoms with Crippen LogP contribution in [0.4, 0.5) is 28.4 Å². The molecule has 0 spiro atoms. The largest absolute Gasteiger partial charge is 0.517 e. The van der Waals surface area contributed by atoms with Gasteiger partial charge in [-0.15, -0.1) is 0 Å². The molecule has 1 fully saturated rings. The molecule has 0 unspecified atom stereocenters. The summed E-state index contributed by atoms with van der Waals surface area (Å²) in [5, 5.41) is 0. The van der Waals surface area contributed by atoms with Gasteiger partial charge < -0.3 is 9.47 Å². The summed E-state index contributed by atoms with van der Waals surface area (Å²) < 4.78 is 73.5. The van der Waals surface area contributed by atoms with Gasteiger partial charge in [-0.25, -0.2) is 14.5 Å². The molecule has 2 rings (SSSR count). The fourth-order valence-electron chi connectivity index (χ4n) is 2.60. The van der Waals surface area contributed by atoms with Gasteiger partial charge in [-0.3, -0.25) is 4.79 Å². The Morgan fingerprint density at radius 2 is 1.81 bits per heavy atom. The van der Waals surface area contributed by atoms with E-state index < -0.39 is 55.8 Å². The van der Waals surface area contributed by atoms with Crippen LogP contribution in [0.1, 0.15) is 33.3 Å². The van der Waals surface area contributed by atoms with E-state index in [1.54, 1.807) is 13.8 Å². The Morgan fingerprint density at radius 3 is 2.29 bits per heavy atom. The van der Waals surface area contributed by atoms with Crippen LogP contribution < -0.4 is 4.31 Å². The first-order valence-corrected chi connectivity index (χ1v) is 10.4. The quantitative estimate of drug-likeness (QED) is 0.632. The van der Waals surface area contributed by atoms with Crippen LogP contribution in [0.5, 0.6) is 0 Å². The van der Waals surface area contributed by atoms with E-state index in [-0.39, 0.29) is 18.1 Å². The van der Waals surface area contributed by atoms with E-state index in [0.717, 1.165) is 6.07 Å². The second-order valence-corrected chi connectivity index (χ2v) is 9.36. The average Bonchev–Trinajstić information content (AvgIpc) is 2.82. The fourth-order valence-corrected chi connectivity index (χ4v) is 3.49. The average molecular weight is 466 g/mol. The summed E-state index contributed by atoms with van der Waals surface area (Å²) >= 11 is 0. The minimum absolute atomic E-state index is 0.222. The van der Waals surface area contributed by atoms with E-state index in [9.17, 15) is 36.0 Å². The SMILES string of the molecule is CC(C)COC(=O)N(c1ccccc1CN1C(=O)OC(C)(C)C1=O)S(=O)(=O)C(F)(F)F. The normalized spacial score (nSPS) is 16.5. The van der Waals surface area contributed by atoms with Gasteiger partial charge in [0.25, 0.3) is 5.91 Å². The lowest BCUT2D eigenvalue weighted by Gasteiger charge is -2.26. The van der Waals surface area contributed by atoms with Crippen molar-refractivity contribution in [2.45, 2.75) is 45.3 Å². The standard InChI is InChI=1S/C18H21F3N2O7S/c1-11(2)10-29-16(26)23(31(27,28)18(19,20)21)13-8-6-5-7-12(13)9-22-14(24)17(3,4)30-15(22)25/h5-8,11H,9-10H2,1-4H3. The number of nitrogens with zero attached hydrogens (tertiary/aromatic N) is 2. The minimum Gasteiger partial charge on any atom is -0.448 e. The first-order valence-electron chi connectivity index (χ1n) is 9.00. The summed E-state index contributed by atoms with van der Waals surface area (Å²) in [4.78, 5) is 37.4. The highest BCUT2D eigenvalue weighted by Gasteiger charge is 2.54. The van der Waals surface area contributed by atoms with Crippen molar-refractivity contribution < 1.29 is 45.4 Å². The maximum absolute atomic E-state index is 13.3. The zero-order valence-corrected chi connectivity index (χ0v) is 17.9. The first-order chi connectivity index (χ1) is 14.1. The second-order valence-electron chi connectivity index (χ2n) is 7.58. The zero-order chi connectivity index (χ0) is 23.8. The molecule has 0 saturated carbocycles. The summed E-state index contributed by atoms with van der Waals surface area (Å²) in [6.07, 6.45) is -2.83. The molecule has 1 saturated heterocycles. The molecule has 0 atom stereocenters. The number of hydrogen-bond acceptors (Lipinski definition) is 7. The molecular weight excluding hydrogens is 445 g/mol. The maximum Gasteiger partial charge on any atom is 0.517 e. The van der Waals surface area contributed by atoms with Gasteiger partial charge in [0.05, 0.1) is 18.8 Å². The number of para-hydroxylation sites is 1. The predicted molar refractivity (Wildman–Crippen MR) is 101 cm³/mol. The second kappa shape index (κ2) is 8.36. The lowest BCUT2D eigenvalue weighted by molar-refractivity contribution is -0.134. The van der Waals surface area contributed by atoms with Crippen molar-refractivity contribution >= 4 is 33.8 Å². The summed E-state index contributed by atoms with van der Waals surface area (Å²) in [6, 6.07) is 4.65. The molecule has 9 nitrogen and oxygen atoms in total. The number of carbonyl (C=O) groups excluding carboxylic acids is 3. The Labute approximate surface area is 176 Å². The van der Waals surface area contributed by atoms with Gasteiger partial charge in [-0.2, -0.15) is 25.9 Å². The molecule has 1 aromatic carbocycles. The fraction of sp³-hybridized carbons (Fsp3) is 0.500. The van der Waals surface area contributed by atoms with Gasteiger partial charge in [-0.05, 0) is 31.4 Å². The van der Waals surface area contributed by atoms with Gasteiger partial charge in [0.1, 0.15) is 0 Å². The van der Waals surface area contributed by atoms with Crippen LogP contribution in [0.3, 0.4) is 0 Å². The Bertz CT molecular complexity index is 990. The summed E-state index contributed by atoms with van der Waals surface area (Å²) in [6.45, 7) is 4.90. The molecule has 0 N–H and O–H groups in total. The molecule has 31 heavy (non-hydrogen) atoms. The van der Waals surface area contributed by atoms with Crippen molar-refractivity contribution in [2.24, 2.45) is 5.92 Å². The van der Waals surface area contributed by atoms with Crippen molar-refractivity contribution in [1.82, 2.24) is 4.90 Å². The topological polar surface area (TPSA) is 110 Å². The molecule has 13 heteroatoms. The Kier molecular flexibility index (Phi) is 6.59. The lowest BCUT2D eigenvalue weighted by atomic mass is 10.1. The highest BCUT2D eigenvalue weighted by Crippen LogP contribution is 2.35. The number of hydrogen-bond donors (Lipinski definition) is 0. The number of rotatable bonds is 6. The van der Waals surface area contributed by atoms with Crippen LogP contribution in [0, 0.1) is 5.92 Å². The third-order valence-electron chi connectivity index (χ3n) is 4.10. The van der Waals surface area contributed by atoms with Crippen LogP contribution in [-0.2, 0) is 30.8 Å². The number of anilines is 1. The lowest BCUT2D eigenvalue weighted by Crippen LogP contribution is -2.46. The van der Waals surface area contributed by atoms with E-state index in [2.05, 4.69) is 0 Å². The third kappa shape index (κ3) is 4.92. The van der Waals surface area contributed by atoms with Crippen molar-refractivity contribution in [3.8, 4) is 0 Å². The molecule has 0 bridgehead atoms. The highest BCUT2D eigenvalue weighted by molar-refractivity contribution is 7.94. The number of carbonyl (C=O) groups is 3. The molecular formula is C18H21F3N2O7S. The van der Waals surface area contributed by atoms with E-state index >= 15 is 0 Å². The van der Waals surface area contributed by atoms with Gasteiger partial charge in [-0.1, -0.05) is 32.0 Å². The number of alkyl halides is 3. The molecule has 0 radical (unpaired) electrons. The first kappa shape index (κ1) is 24.4. The van der Waals surface area contributed by atoms with E-state index in [4.69, 9.17) is 9.47 Å². The molecule has 172 valence electrons. The van der Waals surface area contributed by atoms with Crippen molar-refractivity contribution in [3.63, 3.8) is 0 Å². The number of ether oxygens (including phenoxy) is 2. The molecule has 0 aromatic heterocycles.